The summed E-state index contributed by atoms with van der Waals surface area (Å²) in [7, 11) is 0. The fraction of sp³-hybridized carbons (Fsp3) is 0.214. The van der Waals surface area contributed by atoms with Gasteiger partial charge in [0, 0.05) is 30.1 Å². The van der Waals surface area contributed by atoms with Gasteiger partial charge in [0.1, 0.15) is 5.82 Å². The van der Waals surface area contributed by atoms with Crippen LogP contribution in [0.5, 0.6) is 0 Å². The zero-order valence-electron chi connectivity index (χ0n) is 10.8. The molecule has 0 bridgehead atoms. The van der Waals surface area contributed by atoms with Gasteiger partial charge in [-0.25, -0.2) is 9.97 Å². The van der Waals surface area contributed by atoms with Crippen LogP contribution in [-0.2, 0) is 0 Å². The number of nitrogens with one attached hydrogen (secondary N) is 1. The molecule has 19 heavy (non-hydrogen) atoms. The van der Waals surface area contributed by atoms with Crippen molar-refractivity contribution in [1.82, 2.24) is 15.0 Å². The predicted octanol–water partition coefficient (Wildman–Crippen LogP) is 3.49. The summed E-state index contributed by atoms with van der Waals surface area (Å²) >= 11 is 1.68. The average Bonchev–Trinajstić information content (AvgIpc) is 2.85. The van der Waals surface area contributed by atoms with E-state index in [4.69, 9.17) is 0 Å². The number of fused-ring (bicyclic) bond motifs is 1. The Morgan fingerprint density at radius 1 is 1.26 bits per heavy atom. The first-order valence-electron chi connectivity index (χ1n) is 6.19. The van der Waals surface area contributed by atoms with Gasteiger partial charge < -0.3 is 5.32 Å². The van der Waals surface area contributed by atoms with E-state index in [2.05, 4.69) is 33.3 Å². The molecule has 4 nitrogen and oxygen atoms in total. The molecule has 0 saturated carbocycles. The van der Waals surface area contributed by atoms with Crippen molar-refractivity contribution in [2.24, 2.45) is 0 Å². The zero-order chi connectivity index (χ0) is 13.2. The number of aryl methyl sites for hydroxylation is 1. The summed E-state index contributed by atoms with van der Waals surface area (Å²) in [5.41, 5.74) is 2.93. The molecule has 0 amide bonds. The maximum absolute atomic E-state index is 4.53. The second kappa shape index (κ2) is 4.93. The molecule has 5 heteroatoms. The number of nitrogens with zero attached hydrogens (tertiary/aromatic N) is 3. The summed E-state index contributed by atoms with van der Waals surface area (Å²) in [6.07, 6.45) is 1.83. The first-order valence-corrected chi connectivity index (χ1v) is 7.07. The lowest BCUT2D eigenvalue weighted by molar-refractivity contribution is 1.08. The van der Waals surface area contributed by atoms with Crippen molar-refractivity contribution in [1.29, 1.82) is 0 Å². The van der Waals surface area contributed by atoms with Crippen molar-refractivity contribution in [3.05, 3.63) is 35.5 Å². The maximum Gasteiger partial charge on any atom is 0.163 e. The molecule has 3 aromatic heterocycles. The lowest BCUT2D eigenvalue weighted by Crippen LogP contribution is -2.02. The van der Waals surface area contributed by atoms with Gasteiger partial charge in [0.25, 0.3) is 0 Å². The molecule has 0 aliphatic heterocycles. The van der Waals surface area contributed by atoms with Crippen LogP contribution in [-0.4, -0.2) is 21.5 Å². The highest BCUT2D eigenvalue weighted by Gasteiger charge is 2.07. The average molecular weight is 270 g/mol. The number of anilines is 1. The van der Waals surface area contributed by atoms with Crippen molar-refractivity contribution in [3.63, 3.8) is 0 Å². The summed E-state index contributed by atoms with van der Waals surface area (Å²) in [5.74, 6) is 1.58. The molecule has 0 spiro atoms. The second-order valence-corrected chi connectivity index (χ2v) is 5.22. The molecule has 0 aromatic carbocycles. The third-order valence-electron chi connectivity index (χ3n) is 2.77. The van der Waals surface area contributed by atoms with Gasteiger partial charge in [0.2, 0.25) is 0 Å². The largest absolute Gasteiger partial charge is 0.370 e. The Bertz CT molecular complexity index is 720. The first kappa shape index (κ1) is 12.0. The molecular formula is C14H14N4S. The fourth-order valence-corrected chi connectivity index (χ4v) is 2.72. The number of aromatic nitrogens is 3. The summed E-state index contributed by atoms with van der Waals surface area (Å²) in [6, 6.07) is 6.06. The Kier molecular flexibility index (Phi) is 3.13. The topological polar surface area (TPSA) is 50.7 Å². The SMILES string of the molecule is CCNc1cc(C)nc(-c2cnc3ccsc3c2)n1. The number of thiophene rings is 1. The highest BCUT2D eigenvalue weighted by atomic mass is 32.1. The molecule has 1 N–H and O–H groups in total. The first-order chi connectivity index (χ1) is 9.26. The van der Waals surface area contributed by atoms with Crippen molar-refractivity contribution in [2.75, 3.05) is 11.9 Å². The van der Waals surface area contributed by atoms with Crippen molar-refractivity contribution < 1.29 is 0 Å². The minimum atomic E-state index is 0.721. The summed E-state index contributed by atoms with van der Waals surface area (Å²) in [5, 5.41) is 5.27. The van der Waals surface area contributed by atoms with Crippen LogP contribution in [0.3, 0.4) is 0 Å². The molecule has 3 aromatic rings. The molecule has 3 rings (SSSR count). The normalized spacial score (nSPS) is 10.8. The minimum Gasteiger partial charge on any atom is -0.370 e. The van der Waals surface area contributed by atoms with Gasteiger partial charge in [0.05, 0.1) is 10.2 Å². The molecule has 0 atom stereocenters. The quantitative estimate of drug-likeness (QED) is 0.791. The van der Waals surface area contributed by atoms with Crippen molar-refractivity contribution >= 4 is 27.4 Å². The van der Waals surface area contributed by atoms with Gasteiger partial charge in [-0.3, -0.25) is 4.98 Å². The predicted molar refractivity (Wildman–Crippen MR) is 79.5 cm³/mol. The molecule has 0 saturated heterocycles. The number of hydrogen-bond acceptors (Lipinski definition) is 5. The van der Waals surface area contributed by atoms with Crippen molar-refractivity contribution in [3.8, 4) is 11.4 Å². The van der Waals surface area contributed by atoms with Gasteiger partial charge in [-0.15, -0.1) is 11.3 Å². The molecular weight excluding hydrogens is 256 g/mol. The van der Waals surface area contributed by atoms with E-state index in [1.807, 2.05) is 30.6 Å². The zero-order valence-corrected chi connectivity index (χ0v) is 11.7. The van der Waals surface area contributed by atoms with E-state index in [0.29, 0.717) is 0 Å². The number of hydrogen-bond donors (Lipinski definition) is 1. The minimum absolute atomic E-state index is 0.721. The summed E-state index contributed by atoms with van der Waals surface area (Å²) < 4.78 is 1.16. The van der Waals surface area contributed by atoms with Gasteiger partial charge in [0.15, 0.2) is 5.82 Å². The van der Waals surface area contributed by atoms with Gasteiger partial charge >= 0.3 is 0 Å². The molecule has 96 valence electrons. The molecule has 0 radical (unpaired) electrons. The Morgan fingerprint density at radius 2 is 2.16 bits per heavy atom. The molecule has 0 aliphatic carbocycles. The molecule has 0 unspecified atom stereocenters. The second-order valence-electron chi connectivity index (χ2n) is 4.28. The number of pyridine rings is 1. The van der Waals surface area contributed by atoms with Gasteiger partial charge in [-0.1, -0.05) is 0 Å². The van der Waals surface area contributed by atoms with E-state index < -0.39 is 0 Å². The van der Waals surface area contributed by atoms with E-state index in [0.717, 1.165) is 39.7 Å². The van der Waals surface area contributed by atoms with E-state index >= 15 is 0 Å². The lowest BCUT2D eigenvalue weighted by atomic mass is 10.2. The van der Waals surface area contributed by atoms with Crippen LogP contribution in [0.15, 0.2) is 29.8 Å². The standard InChI is InChI=1S/C14H14N4S/c1-3-15-13-6-9(2)17-14(18-13)10-7-12-11(16-8-10)4-5-19-12/h4-8H,3H2,1-2H3,(H,15,17,18). The van der Waals surface area contributed by atoms with E-state index in [9.17, 15) is 0 Å². The van der Waals surface area contributed by atoms with E-state index in [1.165, 1.54) is 0 Å². The third kappa shape index (κ3) is 2.42. The van der Waals surface area contributed by atoms with E-state index in [-0.39, 0.29) is 0 Å². The van der Waals surface area contributed by atoms with Crippen LogP contribution >= 0.6 is 11.3 Å². The Labute approximate surface area is 115 Å². The Hall–Kier alpha value is -2.01. The van der Waals surface area contributed by atoms with Crippen molar-refractivity contribution in [2.45, 2.75) is 13.8 Å². The van der Waals surface area contributed by atoms with Gasteiger partial charge in [-0.05, 0) is 31.4 Å². The fourth-order valence-electron chi connectivity index (χ4n) is 1.94. The Balaban J connectivity index is 2.09. The molecule has 0 fully saturated rings. The summed E-state index contributed by atoms with van der Waals surface area (Å²) in [6.45, 7) is 4.87. The summed E-state index contributed by atoms with van der Waals surface area (Å²) in [4.78, 5) is 13.5. The monoisotopic (exact) mass is 270 g/mol. The Morgan fingerprint density at radius 3 is 3.00 bits per heavy atom. The van der Waals surface area contributed by atoms with Gasteiger partial charge in [-0.2, -0.15) is 0 Å². The van der Waals surface area contributed by atoms with Crippen LogP contribution in [0.2, 0.25) is 0 Å². The van der Waals surface area contributed by atoms with Crippen LogP contribution < -0.4 is 5.32 Å². The molecule has 0 aliphatic rings. The lowest BCUT2D eigenvalue weighted by Gasteiger charge is -2.06. The van der Waals surface area contributed by atoms with Crippen LogP contribution in [0.1, 0.15) is 12.6 Å². The van der Waals surface area contributed by atoms with Crippen LogP contribution in [0.4, 0.5) is 5.82 Å². The van der Waals surface area contributed by atoms with E-state index in [1.54, 1.807) is 11.3 Å². The maximum atomic E-state index is 4.53. The highest BCUT2D eigenvalue weighted by molar-refractivity contribution is 7.17. The van der Waals surface area contributed by atoms with Crippen LogP contribution in [0, 0.1) is 6.92 Å². The number of rotatable bonds is 3. The smallest absolute Gasteiger partial charge is 0.163 e. The third-order valence-corrected chi connectivity index (χ3v) is 3.63. The van der Waals surface area contributed by atoms with Crippen LogP contribution in [0.25, 0.3) is 21.6 Å². The molecule has 3 heterocycles. The highest BCUT2D eigenvalue weighted by Crippen LogP contribution is 2.24.